The van der Waals surface area contributed by atoms with Crippen molar-refractivity contribution in [1.82, 2.24) is 10.2 Å². The van der Waals surface area contributed by atoms with Gasteiger partial charge in [0.1, 0.15) is 6.17 Å². The van der Waals surface area contributed by atoms with Gasteiger partial charge in [-0.15, -0.1) is 0 Å². The van der Waals surface area contributed by atoms with Gasteiger partial charge in [-0.2, -0.15) is 0 Å². The molecule has 5 nitrogen and oxygen atoms in total. The molecule has 0 unspecified atom stereocenters. The molecular weight excluding hydrogens is 350 g/mol. The summed E-state index contributed by atoms with van der Waals surface area (Å²) in [5.41, 5.74) is 3.76. The van der Waals surface area contributed by atoms with Crippen LogP contribution in [-0.2, 0) is 0 Å². The summed E-state index contributed by atoms with van der Waals surface area (Å²) in [6.07, 6.45) is 11.5. The Morgan fingerprint density at radius 3 is 2.89 bits per heavy atom. The molecule has 3 aliphatic rings. The lowest BCUT2D eigenvalue weighted by Gasteiger charge is -2.47. The van der Waals surface area contributed by atoms with Crippen LogP contribution in [0, 0.1) is 0 Å². The monoisotopic (exact) mass is 381 g/mol. The van der Waals surface area contributed by atoms with E-state index in [4.69, 9.17) is 0 Å². The van der Waals surface area contributed by atoms with Gasteiger partial charge in [-0.1, -0.05) is 11.6 Å². The SMILES string of the molecule is CCN1c2cc(C(=O)NCCC3=CCCCC3)ccc2C(=O)N2CCCC[C@@H]21. The van der Waals surface area contributed by atoms with E-state index in [1.165, 1.54) is 31.3 Å². The third-order valence-corrected chi connectivity index (χ3v) is 6.35. The molecule has 28 heavy (non-hydrogen) atoms. The van der Waals surface area contributed by atoms with Crippen LogP contribution >= 0.6 is 0 Å². The minimum atomic E-state index is -0.0474. The maximum absolute atomic E-state index is 12.9. The molecule has 0 bridgehead atoms. The van der Waals surface area contributed by atoms with E-state index in [0.29, 0.717) is 12.1 Å². The molecule has 0 aromatic heterocycles. The zero-order chi connectivity index (χ0) is 19.5. The molecule has 1 fully saturated rings. The molecule has 2 heterocycles. The molecule has 0 saturated carbocycles. The van der Waals surface area contributed by atoms with Crippen LogP contribution in [0.25, 0.3) is 0 Å². The van der Waals surface area contributed by atoms with E-state index >= 15 is 0 Å². The predicted molar refractivity (Wildman–Crippen MR) is 112 cm³/mol. The highest BCUT2D eigenvalue weighted by molar-refractivity contribution is 6.04. The third-order valence-electron chi connectivity index (χ3n) is 6.35. The summed E-state index contributed by atoms with van der Waals surface area (Å²) in [5.74, 6) is 0.0642. The van der Waals surface area contributed by atoms with Gasteiger partial charge in [-0.05, 0) is 76.5 Å². The smallest absolute Gasteiger partial charge is 0.257 e. The van der Waals surface area contributed by atoms with Crippen molar-refractivity contribution >= 4 is 17.5 Å². The van der Waals surface area contributed by atoms with E-state index in [0.717, 1.165) is 50.0 Å². The van der Waals surface area contributed by atoms with Gasteiger partial charge in [0.05, 0.1) is 11.3 Å². The normalized spacial score (nSPS) is 21.7. The molecule has 1 aromatic rings. The number of benzene rings is 1. The Balaban J connectivity index is 1.48. The first-order chi connectivity index (χ1) is 13.7. The standard InChI is InChI=1S/C23H31N3O2/c1-2-25-20-16-18(22(27)24-14-13-17-8-4-3-5-9-17)11-12-19(20)23(28)26-15-7-6-10-21(25)26/h8,11-12,16,21H,2-7,9-10,13-15H2,1H3,(H,24,27)/t21-/m1/s1. The zero-order valence-electron chi connectivity index (χ0n) is 16.9. The molecular formula is C23H31N3O2. The number of amides is 2. The van der Waals surface area contributed by atoms with Gasteiger partial charge in [-0.3, -0.25) is 9.59 Å². The molecule has 0 spiro atoms. The Kier molecular flexibility index (Phi) is 5.69. The molecule has 1 aromatic carbocycles. The second-order valence-electron chi connectivity index (χ2n) is 8.11. The Morgan fingerprint density at radius 1 is 1.21 bits per heavy atom. The molecule has 2 aliphatic heterocycles. The predicted octanol–water partition coefficient (Wildman–Crippen LogP) is 4.10. The lowest BCUT2D eigenvalue weighted by atomic mass is 9.96. The van der Waals surface area contributed by atoms with Crippen LogP contribution in [0.2, 0.25) is 0 Å². The highest BCUT2D eigenvalue weighted by atomic mass is 16.2. The fourth-order valence-electron chi connectivity index (χ4n) is 4.83. The number of nitrogens with zero attached hydrogens (tertiary/aromatic N) is 2. The van der Waals surface area contributed by atoms with Crippen molar-refractivity contribution in [2.75, 3.05) is 24.5 Å². The van der Waals surface area contributed by atoms with Crippen LogP contribution in [-0.4, -0.2) is 42.5 Å². The van der Waals surface area contributed by atoms with E-state index in [9.17, 15) is 9.59 Å². The quantitative estimate of drug-likeness (QED) is 0.782. The van der Waals surface area contributed by atoms with Crippen molar-refractivity contribution in [2.24, 2.45) is 0 Å². The largest absolute Gasteiger partial charge is 0.352 e. The summed E-state index contributed by atoms with van der Waals surface area (Å²) in [5, 5.41) is 3.06. The molecule has 1 saturated heterocycles. The van der Waals surface area contributed by atoms with Gasteiger partial charge in [0.25, 0.3) is 11.8 Å². The molecule has 150 valence electrons. The number of hydrogen-bond donors (Lipinski definition) is 1. The summed E-state index contributed by atoms with van der Waals surface area (Å²) in [7, 11) is 0. The highest BCUT2D eigenvalue weighted by Gasteiger charge is 2.38. The van der Waals surface area contributed by atoms with Crippen molar-refractivity contribution in [3.05, 3.63) is 41.0 Å². The lowest BCUT2D eigenvalue weighted by molar-refractivity contribution is 0.0582. The van der Waals surface area contributed by atoms with Crippen LogP contribution in [0.4, 0.5) is 5.69 Å². The van der Waals surface area contributed by atoms with Crippen molar-refractivity contribution in [1.29, 1.82) is 0 Å². The number of fused-ring (bicyclic) bond motifs is 2. The minimum Gasteiger partial charge on any atom is -0.352 e. The van der Waals surface area contributed by atoms with E-state index in [-0.39, 0.29) is 18.0 Å². The number of anilines is 1. The molecule has 5 heteroatoms. The minimum absolute atomic E-state index is 0.0474. The Labute approximate surface area is 167 Å². The van der Waals surface area contributed by atoms with Crippen LogP contribution in [0.5, 0.6) is 0 Å². The van der Waals surface area contributed by atoms with E-state index in [2.05, 4.69) is 23.2 Å². The van der Waals surface area contributed by atoms with Crippen molar-refractivity contribution in [3.63, 3.8) is 0 Å². The molecule has 1 N–H and O–H groups in total. The zero-order valence-corrected chi connectivity index (χ0v) is 16.9. The maximum Gasteiger partial charge on any atom is 0.257 e. The number of carbonyl (C=O) groups excluding carboxylic acids is 2. The van der Waals surface area contributed by atoms with Gasteiger partial charge >= 0.3 is 0 Å². The average molecular weight is 382 g/mol. The number of allylic oxidation sites excluding steroid dienone is 1. The van der Waals surface area contributed by atoms with Crippen LogP contribution in [0.3, 0.4) is 0 Å². The first-order valence-electron chi connectivity index (χ1n) is 10.9. The fourth-order valence-corrected chi connectivity index (χ4v) is 4.83. The summed E-state index contributed by atoms with van der Waals surface area (Å²) >= 11 is 0. The Hall–Kier alpha value is -2.30. The first-order valence-corrected chi connectivity index (χ1v) is 10.9. The maximum atomic E-state index is 12.9. The lowest BCUT2D eigenvalue weighted by Crippen LogP contribution is -2.57. The van der Waals surface area contributed by atoms with Gasteiger partial charge < -0.3 is 15.1 Å². The number of hydrogen-bond acceptors (Lipinski definition) is 3. The van der Waals surface area contributed by atoms with Gasteiger partial charge in [0.2, 0.25) is 0 Å². The Morgan fingerprint density at radius 2 is 2.11 bits per heavy atom. The van der Waals surface area contributed by atoms with Crippen molar-refractivity contribution < 1.29 is 9.59 Å². The first kappa shape index (κ1) is 19.0. The summed E-state index contributed by atoms with van der Waals surface area (Å²) in [6.45, 7) is 4.46. The average Bonchev–Trinajstić information content (AvgIpc) is 2.74. The second kappa shape index (κ2) is 8.38. The van der Waals surface area contributed by atoms with Gasteiger partial charge in [0, 0.05) is 25.2 Å². The summed E-state index contributed by atoms with van der Waals surface area (Å²) < 4.78 is 0. The topological polar surface area (TPSA) is 52.7 Å². The molecule has 2 amide bonds. The molecule has 0 radical (unpaired) electrons. The summed E-state index contributed by atoms with van der Waals surface area (Å²) in [6, 6.07) is 5.55. The van der Waals surface area contributed by atoms with Gasteiger partial charge in [0.15, 0.2) is 0 Å². The molecule has 1 atom stereocenters. The number of nitrogens with one attached hydrogen (secondary N) is 1. The van der Waals surface area contributed by atoms with Crippen LogP contribution in [0.15, 0.2) is 29.8 Å². The molecule has 1 aliphatic carbocycles. The Bertz CT molecular complexity index is 786. The number of piperidine rings is 1. The second-order valence-corrected chi connectivity index (χ2v) is 8.11. The number of carbonyl (C=O) groups is 2. The van der Waals surface area contributed by atoms with Crippen LogP contribution in [0.1, 0.15) is 79.0 Å². The van der Waals surface area contributed by atoms with E-state index in [1.54, 1.807) is 6.07 Å². The van der Waals surface area contributed by atoms with Gasteiger partial charge in [-0.25, -0.2) is 0 Å². The van der Waals surface area contributed by atoms with E-state index < -0.39 is 0 Å². The van der Waals surface area contributed by atoms with Crippen LogP contribution < -0.4 is 10.2 Å². The van der Waals surface area contributed by atoms with Crippen molar-refractivity contribution in [3.8, 4) is 0 Å². The molecule has 4 rings (SSSR count). The number of rotatable bonds is 5. The fraction of sp³-hybridized carbons (Fsp3) is 0.565. The summed E-state index contributed by atoms with van der Waals surface area (Å²) in [4.78, 5) is 29.9. The van der Waals surface area contributed by atoms with Crippen molar-refractivity contribution in [2.45, 2.75) is 64.5 Å². The highest BCUT2D eigenvalue weighted by Crippen LogP contribution is 2.35. The third kappa shape index (κ3) is 3.67. The van der Waals surface area contributed by atoms with E-state index in [1.807, 2.05) is 17.0 Å².